The number of hydrogen-bond donors (Lipinski definition) is 3. The van der Waals surface area contributed by atoms with Crippen molar-refractivity contribution in [3.05, 3.63) is 108 Å². The van der Waals surface area contributed by atoms with Crippen LogP contribution in [0.5, 0.6) is 0 Å². The number of rotatable bonds is 11. The minimum atomic E-state index is -1.90. The third kappa shape index (κ3) is 6.39. The van der Waals surface area contributed by atoms with E-state index in [4.69, 9.17) is 0 Å². The van der Waals surface area contributed by atoms with Gasteiger partial charge in [0.15, 0.2) is 5.60 Å². The first kappa shape index (κ1) is 30.2. The molecule has 2 aliphatic rings. The van der Waals surface area contributed by atoms with Crippen molar-refractivity contribution in [2.24, 2.45) is 5.92 Å². The summed E-state index contributed by atoms with van der Waals surface area (Å²) in [6.45, 7) is 3.83. The van der Waals surface area contributed by atoms with Crippen LogP contribution in [-0.2, 0) is 33.1 Å². The molecule has 2 aliphatic heterocycles. The number of benzene rings is 3. The summed E-state index contributed by atoms with van der Waals surface area (Å²) in [5, 5.41) is 24.8. The molecule has 9 heteroatoms. The number of piperazine rings is 1. The molecule has 5 rings (SSSR count). The molecule has 9 nitrogen and oxygen atoms in total. The molecule has 0 radical (unpaired) electrons. The Bertz CT molecular complexity index is 1480. The summed E-state index contributed by atoms with van der Waals surface area (Å²) in [6.07, 6.45) is 3.43. The van der Waals surface area contributed by atoms with Gasteiger partial charge in [0.2, 0.25) is 11.8 Å². The van der Waals surface area contributed by atoms with Gasteiger partial charge in [-0.2, -0.15) is 0 Å². The first-order valence-electron chi connectivity index (χ1n) is 14.7. The Morgan fingerprint density at radius 1 is 1.05 bits per heavy atom. The highest BCUT2D eigenvalue weighted by atomic mass is 16.3. The molecule has 0 bridgehead atoms. The third-order valence-corrected chi connectivity index (χ3v) is 8.15. The average Bonchev–Trinajstić information content (AvgIpc) is 3.24. The van der Waals surface area contributed by atoms with Gasteiger partial charge in [0, 0.05) is 49.8 Å². The molecule has 3 aromatic carbocycles. The predicted octanol–water partition coefficient (Wildman–Crippen LogP) is 2.96. The normalized spacial score (nSPS) is 19.1. The zero-order chi connectivity index (χ0) is 30.4. The number of hydrogen-bond acceptors (Lipinski definition) is 6. The molecule has 0 unspecified atom stereocenters. The maximum Gasteiger partial charge on any atom is 0.264 e. The summed E-state index contributed by atoms with van der Waals surface area (Å²) in [4.78, 5) is 44.6. The summed E-state index contributed by atoms with van der Waals surface area (Å²) in [5.41, 5.74) is 1.64. The Hall–Kier alpha value is -4.31. The lowest BCUT2D eigenvalue weighted by atomic mass is 9.82. The monoisotopic (exact) mass is 582 g/mol. The fourth-order valence-electron chi connectivity index (χ4n) is 5.76. The first-order valence-corrected chi connectivity index (χ1v) is 14.7. The van der Waals surface area contributed by atoms with Gasteiger partial charge in [-0.05, 0) is 29.3 Å². The molecule has 0 saturated carbocycles. The molecule has 0 spiro atoms. The van der Waals surface area contributed by atoms with Crippen LogP contribution in [0.2, 0.25) is 0 Å². The van der Waals surface area contributed by atoms with Gasteiger partial charge in [0.25, 0.3) is 5.91 Å². The molecule has 224 valence electrons. The highest BCUT2D eigenvalue weighted by molar-refractivity contribution is 6.08. The zero-order valence-corrected chi connectivity index (χ0v) is 24.4. The average molecular weight is 583 g/mol. The van der Waals surface area contributed by atoms with Gasteiger partial charge in [-0.15, -0.1) is 0 Å². The van der Waals surface area contributed by atoms with Gasteiger partial charge < -0.3 is 30.2 Å². The van der Waals surface area contributed by atoms with E-state index in [-0.39, 0.29) is 44.5 Å². The first-order chi connectivity index (χ1) is 20.8. The molecule has 0 aliphatic carbocycles. The van der Waals surface area contributed by atoms with E-state index in [1.165, 1.54) is 0 Å². The second-order valence-electron chi connectivity index (χ2n) is 11.0. The van der Waals surface area contributed by atoms with Crippen molar-refractivity contribution in [2.75, 3.05) is 42.6 Å². The number of amides is 3. The molecule has 2 atom stereocenters. The highest BCUT2D eigenvalue weighted by Gasteiger charge is 2.52. The van der Waals surface area contributed by atoms with Gasteiger partial charge in [0.1, 0.15) is 0 Å². The maximum absolute atomic E-state index is 14.0. The summed E-state index contributed by atoms with van der Waals surface area (Å²) in [7, 11) is 0. The number of aliphatic hydroxyl groups is 2. The summed E-state index contributed by atoms with van der Waals surface area (Å²) >= 11 is 0. The van der Waals surface area contributed by atoms with Crippen LogP contribution >= 0.6 is 0 Å². The van der Waals surface area contributed by atoms with Crippen LogP contribution in [0, 0.1) is 5.92 Å². The van der Waals surface area contributed by atoms with Crippen molar-refractivity contribution in [3.63, 3.8) is 0 Å². The molecule has 1 saturated heterocycles. The number of carbonyl (C=O) groups excluding carboxylic acids is 3. The van der Waals surface area contributed by atoms with Crippen molar-refractivity contribution in [1.82, 2.24) is 10.2 Å². The van der Waals surface area contributed by atoms with E-state index in [1.54, 1.807) is 45.9 Å². The van der Waals surface area contributed by atoms with Gasteiger partial charge in [-0.3, -0.25) is 14.4 Å². The van der Waals surface area contributed by atoms with Crippen LogP contribution in [0.3, 0.4) is 0 Å². The molecular weight excluding hydrogens is 544 g/mol. The van der Waals surface area contributed by atoms with Crippen LogP contribution in [0.25, 0.3) is 0 Å². The second-order valence-corrected chi connectivity index (χ2v) is 11.0. The molecule has 3 aromatic rings. The Labute approximate surface area is 252 Å². The molecule has 0 aromatic heterocycles. The maximum atomic E-state index is 14.0. The van der Waals surface area contributed by atoms with Gasteiger partial charge in [0.05, 0.1) is 25.4 Å². The van der Waals surface area contributed by atoms with Crippen LogP contribution < -0.4 is 15.1 Å². The molecule has 43 heavy (non-hydrogen) atoms. The van der Waals surface area contributed by atoms with E-state index in [9.17, 15) is 24.6 Å². The molecule has 3 amide bonds. The highest BCUT2D eigenvalue weighted by Crippen LogP contribution is 2.47. The number of fused-ring (bicyclic) bond motifs is 1. The Balaban J connectivity index is 1.40. The molecule has 2 heterocycles. The van der Waals surface area contributed by atoms with Crippen molar-refractivity contribution in [3.8, 4) is 0 Å². The van der Waals surface area contributed by atoms with Crippen LogP contribution in [-0.4, -0.2) is 65.6 Å². The lowest BCUT2D eigenvalue weighted by Crippen LogP contribution is -2.48. The topological polar surface area (TPSA) is 113 Å². The summed E-state index contributed by atoms with van der Waals surface area (Å²) in [6, 6.07) is 24.5. The summed E-state index contributed by atoms with van der Waals surface area (Å²) < 4.78 is 0. The smallest absolute Gasteiger partial charge is 0.264 e. The Morgan fingerprint density at radius 3 is 2.42 bits per heavy atom. The molecule has 3 N–H and O–H groups in total. The van der Waals surface area contributed by atoms with E-state index in [1.807, 2.05) is 66.7 Å². The second kappa shape index (κ2) is 13.3. The Morgan fingerprint density at radius 2 is 1.74 bits per heavy atom. The van der Waals surface area contributed by atoms with E-state index in [0.717, 1.165) is 11.1 Å². The zero-order valence-electron chi connectivity index (χ0n) is 24.4. The SMILES string of the molecule is C[C@H](/C=C/CC(=O)N(CCO)Cc1ccccc1)[C@@]1(O)C(=O)N(Cc2ccccc2)c2ccc(N3CCNCC3=O)cc21. The predicted molar refractivity (Wildman–Crippen MR) is 165 cm³/mol. The van der Waals surface area contributed by atoms with Crippen LogP contribution in [0.1, 0.15) is 30.0 Å². The lowest BCUT2D eigenvalue weighted by molar-refractivity contribution is -0.139. The number of nitrogens with zero attached hydrogens (tertiary/aromatic N) is 3. The molecule has 1 fully saturated rings. The molecular formula is C34H38N4O5. The van der Waals surface area contributed by atoms with Gasteiger partial charge in [-0.25, -0.2) is 0 Å². The van der Waals surface area contributed by atoms with E-state index in [2.05, 4.69) is 5.32 Å². The van der Waals surface area contributed by atoms with Gasteiger partial charge in [-0.1, -0.05) is 79.7 Å². The van der Waals surface area contributed by atoms with E-state index < -0.39 is 17.4 Å². The quantitative estimate of drug-likeness (QED) is 0.300. The standard InChI is InChI=1S/C34H38N4O5/c1-25(9-8-14-31(40)36(19-20-39)23-26-10-4-2-5-11-26)34(43)29-21-28(37-18-17-35-22-32(37)41)15-16-30(29)38(33(34)42)24-27-12-6-3-7-13-27/h2-13,15-16,21,25,35,39,43H,14,17-20,22-24H2,1H3/b9-8+/t25-,34+/m1/s1. The Kier molecular flexibility index (Phi) is 9.35. The lowest BCUT2D eigenvalue weighted by Gasteiger charge is -2.30. The number of carbonyl (C=O) groups is 3. The van der Waals surface area contributed by atoms with Crippen LogP contribution in [0.4, 0.5) is 11.4 Å². The minimum absolute atomic E-state index is 0.0529. The van der Waals surface area contributed by atoms with Crippen molar-refractivity contribution in [1.29, 1.82) is 0 Å². The number of anilines is 2. The van der Waals surface area contributed by atoms with Crippen LogP contribution in [0.15, 0.2) is 91.0 Å². The van der Waals surface area contributed by atoms with E-state index >= 15 is 0 Å². The largest absolute Gasteiger partial charge is 0.395 e. The fraction of sp³-hybridized carbons (Fsp3) is 0.324. The fourth-order valence-corrected chi connectivity index (χ4v) is 5.76. The third-order valence-electron chi connectivity index (χ3n) is 8.15. The van der Waals surface area contributed by atoms with Gasteiger partial charge >= 0.3 is 0 Å². The summed E-state index contributed by atoms with van der Waals surface area (Å²) in [5.74, 6) is -1.38. The van der Waals surface area contributed by atoms with Crippen molar-refractivity contribution >= 4 is 29.1 Å². The van der Waals surface area contributed by atoms with Crippen molar-refractivity contribution < 1.29 is 24.6 Å². The number of nitrogens with one attached hydrogen (secondary N) is 1. The number of aliphatic hydroxyl groups excluding tert-OH is 1. The minimum Gasteiger partial charge on any atom is -0.395 e. The van der Waals surface area contributed by atoms with Crippen molar-refractivity contribution in [2.45, 2.75) is 32.0 Å². The van der Waals surface area contributed by atoms with E-state index in [0.29, 0.717) is 36.6 Å².